The lowest BCUT2D eigenvalue weighted by Crippen LogP contribution is -2.36. The maximum absolute atomic E-state index is 11.1. The van der Waals surface area contributed by atoms with Gasteiger partial charge >= 0.3 is 0 Å². The van der Waals surface area contributed by atoms with E-state index in [1.165, 1.54) is 6.92 Å². The van der Waals surface area contributed by atoms with Crippen LogP contribution in [0.3, 0.4) is 0 Å². The highest BCUT2D eigenvalue weighted by atomic mass is 16.1. The molecule has 0 aliphatic carbocycles. The van der Waals surface area contributed by atoms with Gasteiger partial charge in [-0.05, 0) is 0 Å². The molecule has 0 fully saturated rings. The zero-order valence-electron chi connectivity index (χ0n) is 10.2. The van der Waals surface area contributed by atoms with Crippen LogP contribution in [0.15, 0.2) is 35.4 Å². The lowest BCUT2D eigenvalue weighted by atomic mass is 10.2. The molecular formula is C12H18N3O+. The minimum Gasteiger partial charge on any atom is -0.306 e. The van der Waals surface area contributed by atoms with Crippen LogP contribution >= 0.6 is 0 Å². The molecule has 0 bridgehead atoms. The van der Waals surface area contributed by atoms with Gasteiger partial charge < -0.3 is 5.32 Å². The number of quaternary nitrogens is 1. The molecule has 0 spiro atoms. The van der Waals surface area contributed by atoms with Crippen molar-refractivity contribution < 1.29 is 9.39 Å². The molecule has 1 aromatic carbocycles. The first-order valence-electron chi connectivity index (χ1n) is 5.13. The normalized spacial score (nSPS) is 12.4. The third kappa shape index (κ3) is 4.23. The van der Waals surface area contributed by atoms with Crippen molar-refractivity contribution in [2.45, 2.75) is 6.92 Å². The first-order valence-corrected chi connectivity index (χ1v) is 5.13. The second kappa shape index (κ2) is 4.90. The van der Waals surface area contributed by atoms with Crippen LogP contribution in [-0.4, -0.2) is 37.5 Å². The Labute approximate surface area is 96.2 Å². The third-order valence-electron chi connectivity index (χ3n) is 1.74. The maximum atomic E-state index is 11.1. The standard InChI is InChI=1S/C12H17N3O/c1-10(16)13-12(14-15(2,3)4)11-8-6-5-7-9-11/h5-9H,1-4H3/p+1. The van der Waals surface area contributed by atoms with E-state index in [1.807, 2.05) is 51.5 Å². The summed E-state index contributed by atoms with van der Waals surface area (Å²) >= 11 is 0. The summed E-state index contributed by atoms with van der Waals surface area (Å²) in [5, 5.41) is 7.19. The number of hydrogen-bond donors (Lipinski definition) is 1. The molecule has 86 valence electrons. The Hall–Kier alpha value is -1.68. The van der Waals surface area contributed by atoms with Gasteiger partial charge in [0.15, 0.2) is 5.84 Å². The number of benzene rings is 1. The Balaban J connectivity index is 3.07. The summed E-state index contributed by atoms with van der Waals surface area (Å²) in [5.74, 6) is 0.483. The van der Waals surface area contributed by atoms with Crippen LogP contribution in [0.4, 0.5) is 0 Å². The highest BCUT2D eigenvalue weighted by molar-refractivity contribution is 6.07. The molecule has 0 unspecified atom stereocenters. The number of hydrogen-bond acceptors (Lipinski definition) is 2. The summed E-state index contributed by atoms with van der Waals surface area (Å²) in [6.07, 6.45) is 0. The van der Waals surface area contributed by atoms with E-state index in [0.29, 0.717) is 10.4 Å². The van der Waals surface area contributed by atoms with Gasteiger partial charge in [-0.1, -0.05) is 35.4 Å². The van der Waals surface area contributed by atoms with Crippen molar-refractivity contribution in [3.63, 3.8) is 0 Å². The van der Waals surface area contributed by atoms with Crippen LogP contribution < -0.4 is 5.32 Å². The highest BCUT2D eigenvalue weighted by Crippen LogP contribution is 2.02. The summed E-state index contributed by atoms with van der Waals surface area (Å²) < 4.78 is 0.407. The topological polar surface area (TPSA) is 41.5 Å². The van der Waals surface area contributed by atoms with E-state index >= 15 is 0 Å². The first kappa shape index (κ1) is 12.4. The van der Waals surface area contributed by atoms with Crippen molar-refractivity contribution in [3.05, 3.63) is 35.9 Å². The maximum Gasteiger partial charge on any atom is 0.222 e. The van der Waals surface area contributed by atoms with E-state index < -0.39 is 0 Å². The Bertz CT molecular complexity index is 390. The Kier molecular flexibility index (Phi) is 3.79. The van der Waals surface area contributed by atoms with Crippen molar-refractivity contribution in [1.82, 2.24) is 5.32 Å². The fourth-order valence-electron chi connectivity index (χ4n) is 1.22. The molecule has 1 N–H and O–H groups in total. The van der Waals surface area contributed by atoms with E-state index in [1.54, 1.807) is 0 Å². The summed E-state index contributed by atoms with van der Waals surface area (Å²) in [5.41, 5.74) is 0.908. The Morgan fingerprint density at radius 3 is 2.19 bits per heavy atom. The van der Waals surface area contributed by atoms with E-state index in [2.05, 4.69) is 10.4 Å². The predicted octanol–water partition coefficient (Wildman–Crippen LogP) is 1.19. The molecule has 0 radical (unpaired) electrons. The van der Waals surface area contributed by atoms with E-state index in [0.717, 1.165) is 5.56 Å². The molecule has 0 saturated heterocycles. The number of nitrogens with one attached hydrogen (secondary N) is 1. The highest BCUT2D eigenvalue weighted by Gasteiger charge is 2.12. The average Bonchev–Trinajstić information content (AvgIpc) is 2.15. The third-order valence-corrected chi connectivity index (χ3v) is 1.74. The largest absolute Gasteiger partial charge is 0.306 e. The minimum absolute atomic E-state index is 0.115. The fraction of sp³-hybridized carbons (Fsp3) is 0.333. The second-order valence-corrected chi connectivity index (χ2v) is 4.44. The SMILES string of the molecule is CC(=O)N/C(=N\[N+](C)(C)C)c1ccccc1. The smallest absolute Gasteiger partial charge is 0.222 e. The van der Waals surface area contributed by atoms with Crippen molar-refractivity contribution >= 4 is 11.7 Å². The molecule has 16 heavy (non-hydrogen) atoms. The Morgan fingerprint density at radius 1 is 1.19 bits per heavy atom. The van der Waals surface area contributed by atoms with Crippen molar-refractivity contribution in [1.29, 1.82) is 0 Å². The van der Waals surface area contributed by atoms with Crippen LogP contribution in [0.25, 0.3) is 0 Å². The van der Waals surface area contributed by atoms with Crippen LogP contribution in [0.1, 0.15) is 12.5 Å². The molecule has 1 rings (SSSR count). The van der Waals surface area contributed by atoms with Gasteiger partial charge in [0, 0.05) is 12.5 Å². The van der Waals surface area contributed by atoms with Gasteiger partial charge in [-0.25, -0.2) is 4.59 Å². The van der Waals surface area contributed by atoms with Gasteiger partial charge in [0.25, 0.3) is 0 Å². The molecular weight excluding hydrogens is 202 g/mol. The zero-order chi connectivity index (χ0) is 12.2. The monoisotopic (exact) mass is 220 g/mol. The van der Waals surface area contributed by atoms with E-state index in [-0.39, 0.29) is 5.91 Å². The van der Waals surface area contributed by atoms with Gasteiger partial charge in [-0.3, -0.25) is 4.79 Å². The lowest BCUT2D eigenvalue weighted by molar-refractivity contribution is -0.877. The van der Waals surface area contributed by atoms with Gasteiger partial charge in [-0.15, -0.1) is 0 Å². The summed E-state index contributed by atoms with van der Waals surface area (Å²) in [4.78, 5) is 11.1. The molecule has 0 heterocycles. The van der Waals surface area contributed by atoms with Crippen LogP contribution in [0, 0.1) is 0 Å². The minimum atomic E-state index is -0.115. The molecule has 1 amide bonds. The van der Waals surface area contributed by atoms with Crippen LogP contribution in [0.2, 0.25) is 0 Å². The summed E-state index contributed by atoms with van der Waals surface area (Å²) in [6.45, 7) is 1.48. The fourth-order valence-corrected chi connectivity index (χ4v) is 1.22. The lowest BCUT2D eigenvalue weighted by Gasteiger charge is -2.17. The van der Waals surface area contributed by atoms with Gasteiger partial charge in [0.05, 0.1) is 21.1 Å². The van der Waals surface area contributed by atoms with Gasteiger partial charge in [0.1, 0.15) is 0 Å². The van der Waals surface area contributed by atoms with E-state index in [9.17, 15) is 4.79 Å². The molecule has 0 atom stereocenters. The summed E-state index contributed by atoms with van der Waals surface area (Å²) in [7, 11) is 5.81. The van der Waals surface area contributed by atoms with Crippen molar-refractivity contribution in [2.24, 2.45) is 5.10 Å². The molecule has 0 aliphatic heterocycles. The zero-order valence-corrected chi connectivity index (χ0v) is 10.2. The number of rotatable bonds is 2. The quantitative estimate of drug-likeness (QED) is 0.346. The summed E-state index contributed by atoms with van der Waals surface area (Å²) in [6, 6.07) is 9.61. The van der Waals surface area contributed by atoms with Gasteiger partial charge in [0.2, 0.25) is 5.91 Å². The number of carbonyl (C=O) groups excluding carboxylic acids is 1. The van der Waals surface area contributed by atoms with Crippen LogP contribution in [0.5, 0.6) is 0 Å². The number of amides is 1. The second-order valence-electron chi connectivity index (χ2n) is 4.44. The molecule has 0 saturated carbocycles. The molecule has 0 aromatic heterocycles. The first-order chi connectivity index (χ1) is 7.38. The van der Waals surface area contributed by atoms with Crippen molar-refractivity contribution in [3.8, 4) is 0 Å². The molecule has 4 nitrogen and oxygen atoms in total. The number of amidine groups is 1. The van der Waals surface area contributed by atoms with E-state index in [4.69, 9.17) is 0 Å². The van der Waals surface area contributed by atoms with Gasteiger partial charge in [-0.2, -0.15) is 0 Å². The molecule has 4 heteroatoms. The average molecular weight is 220 g/mol. The molecule has 0 aliphatic rings. The molecule has 1 aromatic rings. The number of carbonyl (C=O) groups is 1. The van der Waals surface area contributed by atoms with Crippen molar-refractivity contribution in [2.75, 3.05) is 21.1 Å². The van der Waals surface area contributed by atoms with Crippen LogP contribution in [-0.2, 0) is 4.79 Å². The number of nitrogens with zero attached hydrogens (tertiary/aromatic N) is 2. The predicted molar refractivity (Wildman–Crippen MR) is 64.8 cm³/mol. The Morgan fingerprint density at radius 2 is 1.75 bits per heavy atom.